The van der Waals surface area contributed by atoms with Crippen LogP contribution in [-0.2, 0) is 52.6 Å². The molecule has 8 aliphatic rings. The molecular weight excluding hydrogens is 1670 g/mol. The zero-order chi connectivity index (χ0) is 89.1. The number of nitrogens with zero attached hydrogens (tertiary/aromatic N) is 1. The van der Waals surface area contributed by atoms with Crippen LogP contribution >= 0.6 is 23.2 Å². The zero-order valence-corrected chi connectivity index (χ0v) is 67.8. The monoisotopic (exact) mass is 1760 g/mol. The number of piperidine rings is 1. The van der Waals surface area contributed by atoms with E-state index in [1.54, 1.807) is 25.7 Å². The molecule has 6 aromatic rings. The average molecular weight is 1760 g/mol. The van der Waals surface area contributed by atoms with Crippen molar-refractivity contribution >= 4 is 82.2 Å². The van der Waals surface area contributed by atoms with Gasteiger partial charge in [-0.2, -0.15) is 0 Å². The number of anilines is 1. The molecule has 3 saturated heterocycles. The molecule has 0 saturated carbocycles. The van der Waals surface area contributed by atoms with Gasteiger partial charge >= 0.3 is 18.4 Å². The number of ether oxygens (including phenoxy) is 7. The van der Waals surface area contributed by atoms with Crippen LogP contribution in [0.4, 0.5) is 23.7 Å². The first-order chi connectivity index (χ1) is 58.2. The molecule has 123 heavy (non-hydrogen) atoms. The molecule has 8 aliphatic heterocycles. The Hall–Kier alpha value is -11.1. The lowest BCUT2D eigenvalue weighted by Gasteiger charge is -2.48. The number of aromatic hydroxyl groups is 3. The van der Waals surface area contributed by atoms with Crippen LogP contribution in [0.15, 0.2) is 103 Å². The van der Waals surface area contributed by atoms with Gasteiger partial charge in [-0.1, -0.05) is 55.2 Å². The first-order valence-corrected chi connectivity index (χ1v) is 39.8. The number of aliphatic hydroxyl groups excluding tert-OH is 6. The van der Waals surface area contributed by atoms with Crippen molar-refractivity contribution in [3.05, 3.63) is 141 Å². The van der Waals surface area contributed by atoms with Gasteiger partial charge in [0.25, 0.3) is 0 Å². The van der Waals surface area contributed by atoms with Gasteiger partial charge in [0.05, 0.1) is 41.3 Å². The second kappa shape index (κ2) is 37.9. The first kappa shape index (κ1) is 91.1. The average Bonchev–Trinajstić information content (AvgIpc) is 0.766. The number of likely N-dealkylation sites (tertiary alicyclic amines) is 1. The molecule has 0 radical (unpaired) electrons. The second-order valence-corrected chi connectivity index (χ2v) is 32.1. The van der Waals surface area contributed by atoms with Crippen LogP contribution in [-0.4, -0.2) is 228 Å². The number of aliphatic hydroxyl groups is 6. The van der Waals surface area contributed by atoms with E-state index in [9.17, 15) is 93.0 Å². The number of likely N-dealkylation sites (N-methyl/N-ethyl adjacent to an activating group) is 1. The van der Waals surface area contributed by atoms with Gasteiger partial charge in [0.2, 0.25) is 53.4 Å². The Kier molecular flexibility index (Phi) is 28.1. The first-order valence-electron chi connectivity index (χ1n) is 39.0. The van der Waals surface area contributed by atoms with Gasteiger partial charge in [0, 0.05) is 53.5 Å². The van der Waals surface area contributed by atoms with E-state index in [-0.39, 0.29) is 59.3 Å². The number of fused-ring (bicyclic) bond motifs is 15. The van der Waals surface area contributed by atoms with Gasteiger partial charge in [-0.05, 0) is 166 Å². The Morgan fingerprint density at radius 1 is 0.715 bits per heavy atom. The molecule has 9 amide bonds. The number of urea groups is 1. The number of nitrogens with two attached hydrogens (primary N) is 1. The molecule has 3 fully saturated rings. The molecule has 662 valence electrons. The minimum absolute atomic E-state index is 0.0485. The van der Waals surface area contributed by atoms with Gasteiger partial charge in [0.1, 0.15) is 95.2 Å². The number of halogens is 5. The van der Waals surface area contributed by atoms with Crippen LogP contribution < -0.4 is 72.5 Å². The van der Waals surface area contributed by atoms with Crippen molar-refractivity contribution in [1.29, 1.82) is 0 Å². The molecule has 0 aliphatic carbocycles. The Labute approximate surface area is 708 Å². The number of carbonyl (C=O) groups excluding carboxylic acids is 8. The number of hydrogen-bond donors (Lipinski definition) is 20. The molecule has 16 unspecified atom stereocenters. The lowest BCUT2D eigenvalue weighted by molar-refractivity contribution is -0.334. The number of aliphatic carboxylic acids is 1. The maximum atomic E-state index is 16.2. The van der Waals surface area contributed by atoms with Crippen LogP contribution in [0.2, 0.25) is 10.0 Å². The summed E-state index contributed by atoms with van der Waals surface area (Å²) >= 11 is 14.3. The number of primary amides is 1. The predicted molar refractivity (Wildman–Crippen MR) is 424 cm³/mol. The maximum Gasteiger partial charge on any atom is 0.573 e. The molecule has 21 N–H and O–H groups in total. The van der Waals surface area contributed by atoms with Gasteiger partial charge in [-0.15, -0.1) is 13.2 Å². The van der Waals surface area contributed by atoms with E-state index in [2.05, 4.69) is 52.6 Å². The van der Waals surface area contributed by atoms with E-state index in [1.807, 2.05) is 0 Å². The standard InChI is InChI=1S/C81H92Cl2F3N11O26/c1-33(2)22-47(88-5)71(108)95-62-64(103)37-7-14-51(45(82)24-37)118-53-26-39-27-54(68(53)122-78-69(67(106)66(105)55(32-98)120-78)121-57-31-80(4,70(107)34(3)117-57)89-19-16-35-17-20-97(21-18-35)79(116)90-40-9-11-42(12-10-40)123-81(84,85)86)119-52-15-8-38(25-46(52)83)65(104)63-76(113)94-61(77(114)115)44-28-41(99)29-50(101)58(44)43-23-36(6-13-49(43)100)59(73(110)96-63)93-74(111)60(39)92-72(109)48(30-56(87)102)91-75(62)112/h6-15,23-29,33-35,47-48,55,57,59-67,69-70,78,88-89,98-101,103-107H,16-22,30-32H2,1-5H3,(H2,87,102)(H,90,116)(H,91,112)(H,92,109)(H,93,111)(H,94,113)(H,95,108)(H,96,110)(H,114,115)/t34?,47?,48?,55?,57?,59?,60?,61-,62?,63?,64?,65?,66?,67?,69?,70?,78?,80-/m1/s1. The normalized spacial score (nSPS) is 27.3. The summed E-state index contributed by atoms with van der Waals surface area (Å²) in [4.78, 5) is 133. The van der Waals surface area contributed by atoms with E-state index in [1.165, 1.54) is 38.2 Å². The zero-order valence-electron chi connectivity index (χ0n) is 66.3. The van der Waals surface area contributed by atoms with Crippen molar-refractivity contribution in [2.75, 3.05) is 38.6 Å². The second-order valence-electron chi connectivity index (χ2n) is 31.3. The molecule has 42 heteroatoms. The third kappa shape index (κ3) is 20.9. The highest BCUT2D eigenvalue weighted by atomic mass is 35.5. The number of carboxylic acid groups (broad SMARTS) is 1. The number of phenolic OH excluding ortho intramolecular Hbond substituents is 3. The minimum atomic E-state index is -4.91. The maximum absolute atomic E-state index is 16.2. The number of alkyl halides is 3. The van der Waals surface area contributed by atoms with Crippen molar-refractivity contribution in [2.24, 2.45) is 17.6 Å². The number of rotatable bonds is 19. The molecule has 6 aromatic carbocycles. The summed E-state index contributed by atoms with van der Waals surface area (Å²) in [6.45, 7) is 6.73. The van der Waals surface area contributed by atoms with Crippen molar-refractivity contribution in [3.8, 4) is 62.9 Å². The highest BCUT2D eigenvalue weighted by Gasteiger charge is 2.53. The number of phenols is 3. The summed E-state index contributed by atoms with van der Waals surface area (Å²) in [5, 5.41) is 139. The highest BCUT2D eigenvalue weighted by Crippen LogP contribution is 2.50. The molecule has 37 nitrogen and oxygen atoms in total. The van der Waals surface area contributed by atoms with Gasteiger partial charge in [-0.25, -0.2) is 9.59 Å². The fourth-order valence-corrected chi connectivity index (χ4v) is 16.0. The van der Waals surface area contributed by atoms with Gasteiger partial charge in [0.15, 0.2) is 29.9 Å². The van der Waals surface area contributed by atoms with E-state index < -0.39 is 260 Å². The lowest BCUT2D eigenvalue weighted by atomic mass is 9.84. The largest absolute Gasteiger partial charge is 0.573 e. The molecular formula is C81H92Cl2F3N11O26. The van der Waals surface area contributed by atoms with Crippen molar-refractivity contribution in [3.63, 3.8) is 0 Å². The number of carbonyl (C=O) groups is 9. The van der Waals surface area contributed by atoms with E-state index >= 15 is 14.4 Å². The Morgan fingerprint density at radius 2 is 1.33 bits per heavy atom. The molecule has 0 aromatic heterocycles. The smallest absolute Gasteiger partial charge is 0.508 e. The number of nitrogens with one attached hydrogen (secondary N) is 9. The third-order valence-corrected chi connectivity index (χ3v) is 22.6. The fourth-order valence-electron chi connectivity index (χ4n) is 15.6. The third-order valence-electron chi connectivity index (χ3n) is 22.1. The van der Waals surface area contributed by atoms with E-state index in [4.69, 9.17) is 57.4 Å². The molecule has 14 rings (SSSR count). The summed E-state index contributed by atoms with van der Waals surface area (Å²) in [7, 11) is 1.46. The SMILES string of the molecule is CNC(CC(C)C)C(=O)NC1C(=O)NC(CC(N)=O)C(=O)NC2C(=O)NC3C(=O)NC(C(=O)N[C@@H](C(=O)O)c4cc(O)cc(O)c4-c4cc3ccc4O)C(O)c3ccc(c(Cl)c3)Oc3cc2cc(c3OC2OC(CO)C(O)C(O)C2OC2C[C@@](C)(NCCC3CCN(C(=O)Nc4ccc(OC(F)(F)F)cc4)CC3)C(O)C(C)O2)Oc2ccc(cc2Cl)C1O. The Bertz CT molecular complexity index is 5000. The van der Waals surface area contributed by atoms with E-state index in [0.29, 0.717) is 32.4 Å². The van der Waals surface area contributed by atoms with Crippen molar-refractivity contribution in [2.45, 2.75) is 182 Å². The van der Waals surface area contributed by atoms with Gasteiger partial charge < -0.3 is 143 Å². The Balaban J connectivity index is 0.965. The van der Waals surface area contributed by atoms with Crippen molar-refractivity contribution in [1.82, 2.24) is 47.4 Å². The summed E-state index contributed by atoms with van der Waals surface area (Å²) < 4.78 is 81.6. The highest BCUT2D eigenvalue weighted by molar-refractivity contribution is 6.32. The summed E-state index contributed by atoms with van der Waals surface area (Å²) in [5.74, 6) is -16.8. The van der Waals surface area contributed by atoms with Crippen LogP contribution in [0.25, 0.3) is 11.1 Å². The van der Waals surface area contributed by atoms with Crippen molar-refractivity contribution < 1.29 is 141 Å². The summed E-state index contributed by atoms with van der Waals surface area (Å²) in [6, 6.07) is 3.11. The molecule has 11 bridgehead atoms. The number of amides is 9. The number of hydrogen-bond acceptors (Lipinski definition) is 27. The van der Waals surface area contributed by atoms with E-state index in [0.717, 1.165) is 78.9 Å². The quantitative estimate of drug-likeness (QED) is 0.0545. The van der Waals surface area contributed by atoms with Crippen LogP contribution in [0.1, 0.15) is 124 Å². The molecule has 18 atom stereocenters. The summed E-state index contributed by atoms with van der Waals surface area (Å²) in [6.07, 6.45) is -22.5. The lowest BCUT2D eigenvalue weighted by Crippen LogP contribution is -2.65. The van der Waals surface area contributed by atoms with Crippen LogP contribution in [0, 0.1) is 11.8 Å². The summed E-state index contributed by atoms with van der Waals surface area (Å²) in [5.41, 5.74) is 1.73. The molecule has 8 heterocycles. The minimum Gasteiger partial charge on any atom is -0.508 e. The number of benzene rings is 6. The van der Waals surface area contributed by atoms with Gasteiger partial charge in [-0.3, -0.25) is 33.6 Å². The molecule has 0 spiro atoms. The van der Waals surface area contributed by atoms with Crippen LogP contribution in [0.5, 0.6) is 51.7 Å². The number of carboxylic acids is 1. The fraction of sp³-hybridized carbons (Fsp3) is 0.444. The topological polar surface area (TPSA) is 558 Å². The predicted octanol–water partition coefficient (Wildman–Crippen LogP) is 3.97. The van der Waals surface area contributed by atoms with Crippen LogP contribution in [0.3, 0.4) is 0 Å². The Morgan fingerprint density at radius 3 is 1.93 bits per heavy atom.